The fourth-order valence-electron chi connectivity index (χ4n) is 1.79. The summed E-state index contributed by atoms with van der Waals surface area (Å²) >= 11 is 0. The molecule has 0 aliphatic rings. The molecule has 0 aliphatic carbocycles. The quantitative estimate of drug-likeness (QED) is 0.565. The van der Waals surface area contributed by atoms with E-state index in [9.17, 15) is 0 Å². The number of benzene rings is 1. The van der Waals surface area contributed by atoms with Gasteiger partial charge in [0.25, 0.3) is 0 Å². The van der Waals surface area contributed by atoms with Crippen LogP contribution in [0.1, 0.15) is 45.2 Å². The van der Waals surface area contributed by atoms with Gasteiger partial charge in [-0.1, -0.05) is 32.9 Å². The van der Waals surface area contributed by atoms with E-state index in [0.29, 0.717) is 5.92 Å². The van der Waals surface area contributed by atoms with Crippen molar-refractivity contribution in [2.24, 2.45) is 11.8 Å². The third-order valence-electron chi connectivity index (χ3n) is 2.66. The van der Waals surface area contributed by atoms with Crippen molar-refractivity contribution in [3.05, 3.63) is 29.8 Å². The predicted molar refractivity (Wildman–Crippen MR) is 71.7 cm³/mol. The zero-order valence-corrected chi connectivity index (χ0v) is 11.1. The number of ether oxygens (including phenoxy) is 1. The number of nitrogens with one attached hydrogen (secondary N) is 1. The fraction of sp³-hybridized carbons (Fsp3) is 0.571. The molecule has 1 atom stereocenters. The molecular formula is C14H24N2O. The van der Waals surface area contributed by atoms with E-state index in [0.717, 1.165) is 25.2 Å². The van der Waals surface area contributed by atoms with E-state index in [-0.39, 0.29) is 6.04 Å². The summed E-state index contributed by atoms with van der Waals surface area (Å²) in [5.74, 6) is 7.13. The fourth-order valence-corrected chi connectivity index (χ4v) is 1.79. The molecular weight excluding hydrogens is 212 g/mol. The lowest BCUT2D eigenvalue weighted by molar-refractivity contribution is 0.317. The molecule has 0 aliphatic heterocycles. The summed E-state index contributed by atoms with van der Waals surface area (Å²) in [4.78, 5) is 0. The number of hydrazine groups is 1. The van der Waals surface area contributed by atoms with Crippen molar-refractivity contribution in [3.8, 4) is 5.75 Å². The normalized spacial score (nSPS) is 12.8. The van der Waals surface area contributed by atoms with E-state index < -0.39 is 0 Å². The van der Waals surface area contributed by atoms with Gasteiger partial charge in [-0.15, -0.1) is 0 Å². The molecule has 1 unspecified atom stereocenters. The lowest BCUT2D eigenvalue weighted by Gasteiger charge is -2.18. The largest absolute Gasteiger partial charge is 0.494 e. The molecule has 0 heterocycles. The van der Waals surface area contributed by atoms with Crippen LogP contribution in [-0.2, 0) is 0 Å². The van der Waals surface area contributed by atoms with E-state index in [2.05, 4.69) is 38.3 Å². The van der Waals surface area contributed by atoms with Crippen molar-refractivity contribution >= 4 is 0 Å². The predicted octanol–water partition coefficient (Wildman–Crippen LogP) is 3.03. The molecule has 0 bridgehead atoms. The standard InChI is InChI=1S/C14H24N2O/c1-4-9-17-13-7-5-12(6-8-13)14(16-15)10-11(2)3/h5-8,11,14,16H,4,9-10,15H2,1-3H3. The highest BCUT2D eigenvalue weighted by Gasteiger charge is 2.11. The maximum Gasteiger partial charge on any atom is 0.119 e. The van der Waals surface area contributed by atoms with Gasteiger partial charge in [0.05, 0.1) is 6.61 Å². The van der Waals surface area contributed by atoms with Gasteiger partial charge in [-0.25, -0.2) is 0 Å². The Labute approximate surface area is 104 Å². The van der Waals surface area contributed by atoms with Crippen molar-refractivity contribution in [1.29, 1.82) is 0 Å². The Morgan fingerprint density at radius 3 is 2.35 bits per heavy atom. The minimum absolute atomic E-state index is 0.218. The van der Waals surface area contributed by atoms with Crippen molar-refractivity contribution in [1.82, 2.24) is 5.43 Å². The molecule has 3 N–H and O–H groups in total. The van der Waals surface area contributed by atoms with Crippen molar-refractivity contribution in [3.63, 3.8) is 0 Å². The molecule has 1 aromatic rings. The Morgan fingerprint density at radius 1 is 1.24 bits per heavy atom. The molecule has 0 aromatic heterocycles. The monoisotopic (exact) mass is 236 g/mol. The minimum atomic E-state index is 0.218. The molecule has 96 valence electrons. The van der Waals surface area contributed by atoms with Gasteiger partial charge in [0.1, 0.15) is 5.75 Å². The van der Waals surface area contributed by atoms with Crippen LogP contribution < -0.4 is 16.0 Å². The summed E-state index contributed by atoms with van der Waals surface area (Å²) in [6.45, 7) is 7.27. The Balaban J connectivity index is 2.64. The minimum Gasteiger partial charge on any atom is -0.494 e. The average Bonchev–Trinajstić information content (AvgIpc) is 2.34. The van der Waals surface area contributed by atoms with Crippen LogP contribution >= 0.6 is 0 Å². The number of nitrogens with two attached hydrogens (primary N) is 1. The number of hydrogen-bond donors (Lipinski definition) is 2. The molecule has 0 amide bonds. The van der Waals surface area contributed by atoms with Crippen molar-refractivity contribution < 1.29 is 4.74 Å². The summed E-state index contributed by atoms with van der Waals surface area (Å²) in [6, 6.07) is 8.40. The van der Waals surface area contributed by atoms with Gasteiger partial charge in [-0.2, -0.15) is 0 Å². The van der Waals surface area contributed by atoms with Gasteiger partial charge < -0.3 is 4.74 Å². The van der Waals surface area contributed by atoms with E-state index in [4.69, 9.17) is 10.6 Å². The van der Waals surface area contributed by atoms with Crippen LogP contribution in [0.25, 0.3) is 0 Å². The molecule has 17 heavy (non-hydrogen) atoms. The lowest BCUT2D eigenvalue weighted by Crippen LogP contribution is -2.29. The van der Waals surface area contributed by atoms with Crippen LogP contribution in [0, 0.1) is 5.92 Å². The van der Waals surface area contributed by atoms with Crippen LogP contribution in [0.2, 0.25) is 0 Å². The van der Waals surface area contributed by atoms with E-state index in [1.807, 2.05) is 12.1 Å². The Kier molecular flexibility index (Phi) is 6.01. The molecule has 0 saturated heterocycles. The van der Waals surface area contributed by atoms with E-state index in [1.165, 1.54) is 5.56 Å². The first kappa shape index (κ1) is 14.0. The van der Waals surface area contributed by atoms with Crippen LogP contribution in [0.15, 0.2) is 24.3 Å². The molecule has 0 radical (unpaired) electrons. The molecule has 1 aromatic carbocycles. The molecule has 1 rings (SSSR count). The van der Waals surface area contributed by atoms with Gasteiger partial charge in [0, 0.05) is 6.04 Å². The summed E-state index contributed by atoms with van der Waals surface area (Å²) < 4.78 is 5.55. The zero-order chi connectivity index (χ0) is 12.7. The van der Waals surface area contributed by atoms with Crippen LogP contribution in [0.5, 0.6) is 5.75 Å². The molecule has 0 spiro atoms. The maximum atomic E-state index is 5.59. The van der Waals surface area contributed by atoms with Gasteiger partial charge in [0.15, 0.2) is 0 Å². The SMILES string of the molecule is CCCOc1ccc(C(CC(C)C)NN)cc1. The number of hydrogen-bond acceptors (Lipinski definition) is 3. The van der Waals surface area contributed by atoms with Crippen LogP contribution in [0.3, 0.4) is 0 Å². The second-order valence-corrected chi connectivity index (χ2v) is 4.77. The third kappa shape index (κ3) is 4.75. The Morgan fingerprint density at radius 2 is 1.88 bits per heavy atom. The van der Waals surface area contributed by atoms with Crippen LogP contribution in [-0.4, -0.2) is 6.61 Å². The van der Waals surface area contributed by atoms with Gasteiger partial charge >= 0.3 is 0 Å². The first-order valence-electron chi connectivity index (χ1n) is 6.36. The third-order valence-corrected chi connectivity index (χ3v) is 2.66. The smallest absolute Gasteiger partial charge is 0.119 e. The second-order valence-electron chi connectivity index (χ2n) is 4.77. The Hall–Kier alpha value is -1.06. The average molecular weight is 236 g/mol. The van der Waals surface area contributed by atoms with E-state index >= 15 is 0 Å². The first-order chi connectivity index (χ1) is 8.17. The zero-order valence-electron chi connectivity index (χ0n) is 11.1. The van der Waals surface area contributed by atoms with Gasteiger partial charge in [-0.3, -0.25) is 11.3 Å². The molecule has 0 saturated carbocycles. The first-order valence-corrected chi connectivity index (χ1v) is 6.36. The maximum absolute atomic E-state index is 5.59. The lowest BCUT2D eigenvalue weighted by atomic mass is 9.97. The molecule has 3 heteroatoms. The highest BCUT2D eigenvalue weighted by Crippen LogP contribution is 2.22. The topological polar surface area (TPSA) is 47.3 Å². The highest BCUT2D eigenvalue weighted by molar-refractivity contribution is 5.29. The molecule has 0 fully saturated rings. The van der Waals surface area contributed by atoms with Crippen molar-refractivity contribution in [2.75, 3.05) is 6.61 Å². The van der Waals surface area contributed by atoms with Gasteiger partial charge in [-0.05, 0) is 36.5 Å². The summed E-state index contributed by atoms with van der Waals surface area (Å²) in [7, 11) is 0. The summed E-state index contributed by atoms with van der Waals surface area (Å²) in [6.07, 6.45) is 2.06. The van der Waals surface area contributed by atoms with E-state index in [1.54, 1.807) is 0 Å². The number of rotatable bonds is 7. The Bertz CT molecular complexity index is 309. The van der Waals surface area contributed by atoms with Gasteiger partial charge in [0.2, 0.25) is 0 Å². The van der Waals surface area contributed by atoms with Crippen LogP contribution in [0.4, 0.5) is 0 Å². The highest BCUT2D eigenvalue weighted by atomic mass is 16.5. The summed E-state index contributed by atoms with van der Waals surface area (Å²) in [5, 5.41) is 0. The molecule has 3 nitrogen and oxygen atoms in total. The second kappa shape index (κ2) is 7.30. The summed E-state index contributed by atoms with van der Waals surface area (Å²) in [5.41, 5.74) is 4.08. The van der Waals surface area contributed by atoms with Crippen molar-refractivity contribution in [2.45, 2.75) is 39.7 Å².